The van der Waals surface area contributed by atoms with Crippen LogP contribution in [0.3, 0.4) is 0 Å². The molecular weight excluding hydrogens is 280 g/mol. The smallest absolute Gasteiger partial charge is 0.317 e. The molecule has 2 aliphatic carbocycles. The Morgan fingerprint density at radius 1 is 1.05 bits per heavy atom. The van der Waals surface area contributed by atoms with Gasteiger partial charge >= 0.3 is 6.03 Å². The van der Waals surface area contributed by atoms with Crippen LogP contribution in [0.5, 0.6) is 0 Å². The zero-order valence-electron chi connectivity index (χ0n) is 13.1. The average Bonchev–Trinajstić information content (AvgIpc) is 3.17. The Bertz CT molecular complexity index is 433. The van der Waals surface area contributed by atoms with Gasteiger partial charge in [0.2, 0.25) is 0 Å². The van der Waals surface area contributed by atoms with Crippen LogP contribution < -0.4 is 5.32 Å². The molecule has 0 aromatic carbocycles. The third-order valence-electron chi connectivity index (χ3n) is 5.80. The van der Waals surface area contributed by atoms with E-state index < -0.39 is 0 Å². The lowest BCUT2D eigenvalue weighted by molar-refractivity contribution is -0.179. The van der Waals surface area contributed by atoms with E-state index in [1.54, 1.807) is 0 Å². The normalized spacial score (nSPS) is 34.1. The maximum atomic E-state index is 12.5. The van der Waals surface area contributed by atoms with Crippen LogP contribution in [-0.4, -0.2) is 49.1 Å². The zero-order valence-corrected chi connectivity index (χ0v) is 13.1. The predicted octanol–water partition coefficient (Wildman–Crippen LogP) is 2.28. The molecule has 4 rings (SSSR count). The van der Waals surface area contributed by atoms with E-state index >= 15 is 0 Å². The molecule has 0 unspecified atom stereocenters. The van der Waals surface area contributed by atoms with Crippen LogP contribution in [0.1, 0.15) is 38.5 Å². The van der Waals surface area contributed by atoms with Gasteiger partial charge in [0.25, 0.3) is 0 Å². The fourth-order valence-corrected chi connectivity index (χ4v) is 4.43. The summed E-state index contributed by atoms with van der Waals surface area (Å²) in [7, 11) is 0. The van der Waals surface area contributed by atoms with Crippen LogP contribution in [0, 0.1) is 11.8 Å². The number of likely N-dealkylation sites (tertiary alicyclic amines) is 1. The number of rotatable bonds is 1. The van der Waals surface area contributed by atoms with Gasteiger partial charge in [-0.1, -0.05) is 12.2 Å². The summed E-state index contributed by atoms with van der Waals surface area (Å²) >= 11 is 0. The van der Waals surface area contributed by atoms with Crippen molar-refractivity contribution in [1.29, 1.82) is 0 Å². The minimum atomic E-state index is -0.338. The van der Waals surface area contributed by atoms with Crippen molar-refractivity contribution in [3.8, 4) is 0 Å². The Morgan fingerprint density at radius 2 is 1.64 bits per heavy atom. The molecule has 2 heterocycles. The molecule has 1 spiro atoms. The standard InChI is InChI=1S/C17H26N2O3/c20-16(19-11-13-3-1-2-4-14(13)12-19)18-15-5-7-17(8-6-15)21-9-10-22-17/h1-2,13-15H,3-12H2,(H,18,20)/t13-,14-/m1/s1. The average molecular weight is 306 g/mol. The third-order valence-corrected chi connectivity index (χ3v) is 5.80. The van der Waals surface area contributed by atoms with E-state index in [0.29, 0.717) is 25.0 Å². The molecule has 122 valence electrons. The molecule has 2 atom stereocenters. The van der Waals surface area contributed by atoms with Gasteiger partial charge in [-0.3, -0.25) is 0 Å². The lowest BCUT2D eigenvalue weighted by atomic mass is 9.86. The monoisotopic (exact) mass is 306 g/mol. The summed E-state index contributed by atoms with van der Waals surface area (Å²) in [6.45, 7) is 3.26. The summed E-state index contributed by atoms with van der Waals surface area (Å²) in [6, 6.07) is 0.398. The minimum Gasteiger partial charge on any atom is -0.348 e. The molecule has 4 aliphatic rings. The van der Waals surface area contributed by atoms with Gasteiger partial charge in [0.15, 0.2) is 5.79 Å². The number of carbonyl (C=O) groups excluding carboxylic acids is 1. The van der Waals surface area contributed by atoms with Gasteiger partial charge in [0.05, 0.1) is 13.2 Å². The van der Waals surface area contributed by atoms with Gasteiger partial charge in [0.1, 0.15) is 0 Å². The fourth-order valence-electron chi connectivity index (χ4n) is 4.43. The van der Waals surface area contributed by atoms with E-state index in [-0.39, 0.29) is 17.9 Å². The molecule has 0 bridgehead atoms. The number of nitrogens with zero attached hydrogens (tertiary/aromatic N) is 1. The highest BCUT2D eigenvalue weighted by Crippen LogP contribution is 2.36. The van der Waals surface area contributed by atoms with Gasteiger partial charge in [-0.15, -0.1) is 0 Å². The van der Waals surface area contributed by atoms with Crippen molar-refractivity contribution in [3.63, 3.8) is 0 Å². The largest absolute Gasteiger partial charge is 0.348 e. The summed E-state index contributed by atoms with van der Waals surface area (Å²) < 4.78 is 11.5. The summed E-state index contributed by atoms with van der Waals surface area (Å²) in [4.78, 5) is 14.5. The zero-order chi connectivity index (χ0) is 15.0. The van der Waals surface area contributed by atoms with Gasteiger partial charge < -0.3 is 19.7 Å². The van der Waals surface area contributed by atoms with E-state index in [1.165, 1.54) is 0 Å². The summed E-state index contributed by atoms with van der Waals surface area (Å²) in [5.41, 5.74) is 0. The van der Waals surface area contributed by atoms with Crippen molar-refractivity contribution in [2.75, 3.05) is 26.3 Å². The van der Waals surface area contributed by atoms with Crippen LogP contribution in [0.2, 0.25) is 0 Å². The third kappa shape index (κ3) is 2.76. The molecule has 3 fully saturated rings. The Kier molecular flexibility index (Phi) is 3.86. The molecule has 5 heteroatoms. The number of carbonyl (C=O) groups is 1. The quantitative estimate of drug-likeness (QED) is 0.756. The van der Waals surface area contributed by atoms with Crippen LogP contribution in [0.25, 0.3) is 0 Å². The number of urea groups is 1. The first-order valence-corrected chi connectivity index (χ1v) is 8.72. The van der Waals surface area contributed by atoms with E-state index in [1.807, 2.05) is 4.90 Å². The van der Waals surface area contributed by atoms with Gasteiger partial charge in [-0.25, -0.2) is 4.79 Å². The second-order valence-corrected chi connectivity index (χ2v) is 7.20. The van der Waals surface area contributed by atoms with E-state index in [2.05, 4.69) is 17.5 Å². The summed E-state index contributed by atoms with van der Waals surface area (Å²) in [5, 5.41) is 3.23. The van der Waals surface area contributed by atoms with Crippen LogP contribution in [0.15, 0.2) is 12.2 Å². The van der Waals surface area contributed by atoms with Gasteiger partial charge in [-0.2, -0.15) is 0 Å². The minimum absolute atomic E-state index is 0.128. The van der Waals surface area contributed by atoms with Crippen molar-refractivity contribution in [2.45, 2.75) is 50.4 Å². The molecule has 2 aliphatic heterocycles. The topological polar surface area (TPSA) is 50.8 Å². The molecule has 2 amide bonds. The summed E-state index contributed by atoms with van der Waals surface area (Å²) in [5.74, 6) is 1.01. The van der Waals surface area contributed by atoms with Crippen molar-refractivity contribution in [2.24, 2.45) is 11.8 Å². The Labute approximate surface area is 132 Å². The van der Waals surface area contributed by atoms with Crippen molar-refractivity contribution >= 4 is 6.03 Å². The first kappa shape index (κ1) is 14.5. The molecule has 0 radical (unpaired) electrons. The number of amides is 2. The molecule has 0 aromatic rings. The number of ether oxygens (including phenoxy) is 2. The van der Waals surface area contributed by atoms with Gasteiger partial charge in [-0.05, 0) is 37.5 Å². The van der Waals surface area contributed by atoms with Crippen molar-refractivity contribution in [3.05, 3.63) is 12.2 Å². The van der Waals surface area contributed by atoms with E-state index in [9.17, 15) is 4.79 Å². The molecular formula is C17H26N2O3. The number of hydrogen-bond acceptors (Lipinski definition) is 3. The fraction of sp³-hybridized carbons (Fsp3) is 0.824. The highest BCUT2D eigenvalue weighted by atomic mass is 16.7. The van der Waals surface area contributed by atoms with Crippen LogP contribution in [0.4, 0.5) is 4.79 Å². The Morgan fingerprint density at radius 3 is 2.23 bits per heavy atom. The second kappa shape index (κ2) is 5.85. The Hall–Kier alpha value is -1.07. The number of nitrogens with one attached hydrogen (secondary N) is 1. The maximum Gasteiger partial charge on any atom is 0.317 e. The van der Waals surface area contributed by atoms with Crippen LogP contribution >= 0.6 is 0 Å². The van der Waals surface area contributed by atoms with Crippen LogP contribution in [-0.2, 0) is 9.47 Å². The lowest BCUT2D eigenvalue weighted by Gasteiger charge is -2.36. The molecule has 0 aromatic heterocycles. The van der Waals surface area contributed by atoms with Crippen molar-refractivity contribution in [1.82, 2.24) is 10.2 Å². The maximum absolute atomic E-state index is 12.5. The first-order chi connectivity index (χ1) is 10.7. The number of hydrogen-bond donors (Lipinski definition) is 1. The first-order valence-electron chi connectivity index (χ1n) is 8.72. The molecule has 22 heavy (non-hydrogen) atoms. The van der Waals surface area contributed by atoms with E-state index in [4.69, 9.17) is 9.47 Å². The number of fused-ring (bicyclic) bond motifs is 1. The SMILES string of the molecule is O=C(NC1CCC2(CC1)OCCO2)N1C[C@H]2CC=CC[C@@H]2C1. The molecule has 1 saturated carbocycles. The van der Waals surface area contributed by atoms with E-state index in [0.717, 1.165) is 51.6 Å². The van der Waals surface area contributed by atoms with Gasteiger partial charge in [0, 0.05) is 32.0 Å². The molecule has 5 nitrogen and oxygen atoms in total. The molecule has 1 N–H and O–H groups in total. The highest BCUT2D eigenvalue weighted by Gasteiger charge is 2.41. The summed E-state index contributed by atoms with van der Waals surface area (Å²) in [6.07, 6.45) is 10.5. The Balaban J connectivity index is 1.27. The number of allylic oxidation sites excluding steroid dienone is 2. The lowest BCUT2D eigenvalue weighted by Crippen LogP contribution is -2.48. The van der Waals surface area contributed by atoms with Crippen molar-refractivity contribution < 1.29 is 14.3 Å². The highest BCUT2D eigenvalue weighted by molar-refractivity contribution is 5.75. The molecule has 2 saturated heterocycles. The predicted molar refractivity (Wildman–Crippen MR) is 82.3 cm³/mol. The second-order valence-electron chi connectivity index (χ2n) is 7.20.